The van der Waals surface area contributed by atoms with Crippen LogP contribution in [0.2, 0.25) is 0 Å². The molecular weight excluding hydrogens is 244 g/mol. The number of carbonyl (C=O) groups is 1. The van der Waals surface area contributed by atoms with Crippen molar-refractivity contribution in [3.05, 3.63) is 29.8 Å². The van der Waals surface area contributed by atoms with Gasteiger partial charge in [0, 0.05) is 24.5 Å². The Hall–Kier alpha value is -1.00. The van der Waals surface area contributed by atoms with Gasteiger partial charge in [0.05, 0.1) is 5.75 Å². The Bertz CT molecular complexity index is 418. The van der Waals surface area contributed by atoms with Crippen LogP contribution in [-0.2, 0) is 11.3 Å². The number of nitrogens with zero attached hydrogens (tertiary/aromatic N) is 1. The quantitative estimate of drug-likeness (QED) is 0.799. The first kappa shape index (κ1) is 13.4. The van der Waals surface area contributed by atoms with E-state index >= 15 is 0 Å². The third-order valence-corrected chi connectivity index (χ3v) is 4.11. The molecule has 0 saturated heterocycles. The number of rotatable bonds is 6. The summed E-state index contributed by atoms with van der Waals surface area (Å²) in [4.78, 5) is 15.0. The van der Waals surface area contributed by atoms with Gasteiger partial charge in [-0.3, -0.25) is 4.79 Å². The number of benzene rings is 1. The van der Waals surface area contributed by atoms with Gasteiger partial charge in [-0.25, -0.2) is 0 Å². The summed E-state index contributed by atoms with van der Waals surface area (Å²) < 4.78 is 0. The lowest BCUT2D eigenvalue weighted by Crippen LogP contribution is -2.30. The molecule has 0 heterocycles. The number of hydrogen-bond acceptors (Lipinski definition) is 3. The zero-order valence-corrected chi connectivity index (χ0v) is 11.8. The number of thioether (sulfide) groups is 1. The molecule has 1 N–H and O–H groups in total. The molecule has 0 unspecified atom stereocenters. The first-order valence-corrected chi connectivity index (χ1v) is 7.31. The van der Waals surface area contributed by atoms with E-state index in [2.05, 4.69) is 23.5 Å². The van der Waals surface area contributed by atoms with Gasteiger partial charge < -0.3 is 10.2 Å². The molecule has 0 aromatic heterocycles. The van der Waals surface area contributed by atoms with Crippen molar-refractivity contribution in [3.63, 3.8) is 0 Å². The molecule has 1 saturated carbocycles. The Labute approximate surface area is 113 Å². The zero-order valence-electron chi connectivity index (χ0n) is 11.0. The molecular formula is C14H20N2OS. The molecule has 0 spiro atoms. The highest BCUT2D eigenvalue weighted by molar-refractivity contribution is 8.00. The predicted octanol–water partition coefficient (Wildman–Crippen LogP) is 2.12. The highest BCUT2D eigenvalue weighted by atomic mass is 32.2. The van der Waals surface area contributed by atoms with Crippen molar-refractivity contribution in [1.29, 1.82) is 0 Å². The minimum absolute atomic E-state index is 0.238. The van der Waals surface area contributed by atoms with Crippen molar-refractivity contribution < 1.29 is 4.79 Å². The summed E-state index contributed by atoms with van der Waals surface area (Å²) in [5.41, 5.74) is 1.26. The summed E-state index contributed by atoms with van der Waals surface area (Å²) in [5, 5.41) is 3.13. The summed E-state index contributed by atoms with van der Waals surface area (Å²) in [7, 11) is 3.85. The van der Waals surface area contributed by atoms with E-state index < -0.39 is 0 Å². The van der Waals surface area contributed by atoms with Crippen LogP contribution in [0.15, 0.2) is 29.2 Å². The van der Waals surface area contributed by atoms with Gasteiger partial charge in [0.1, 0.15) is 0 Å². The van der Waals surface area contributed by atoms with Gasteiger partial charge >= 0.3 is 0 Å². The fourth-order valence-electron chi connectivity index (χ4n) is 1.86. The first-order chi connectivity index (χ1) is 8.70. The Morgan fingerprint density at radius 3 is 2.94 bits per heavy atom. The lowest BCUT2D eigenvalue weighted by molar-refractivity contribution is -0.127. The van der Waals surface area contributed by atoms with E-state index in [1.165, 1.54) is 23.3 Å². The van der Waals surface area contributed by atoms with Crippen LogP contribution in [0.4, 0.5) is 0 Å². The van der Waals surface area contributed by atoms with Crippen LogP contribution in [0.25, 0.3) is 0 Å². The van der Waals surface area contributed by atoms with Crippen molar-refractivity contribution in [1.82, 2.24) is 10.2 Å². The molecule has 1 aromatic carbocycles. The number of nitrogens with one attached hydrogen (secondary N) is 1. The second-order valence-corrected chi connectivity index (χ2v) is 5.75. The second kappa shape index (κ2) is 6.25. The maximum Gasteiger partial charge on any atom is 0.232 e. The molecule has 1 aromatic rings. The van der Waals surface area contributed by atoms with Crippen LogP contribution in [0.3, 0.4) is 0 Å². The van der Waals surface area contributed by atoms with E-state index in [1.807, 2.05) is 25.1 Å². The van der Waals surface area contributed by atoms with E-state index in [0.29, 0.717) is 11.8 Å². The van der Waals surface area contributed by atoms with Gasteiger partial charge in [-0.15, -0.1) is 11.8 Å². The fraction of sp³-hybridized carbons (Fsp3) is 0.500. The van der Waals surface area contributed by atoms with Crippen molar-refractivity contribution in [2.24, 2.45) is 0 Å². The summed E-state index contributed by atoms with van der Waals surface area (Å²) in [6.07, 6.45) is 2.34. The van der Waals surface area contributed by atoms with Crippen molar-refractivity contribution in [2.45, 2.75) is 30.3 Å². The monoisotopic (exact) mass is 264 g/mol. The van der Waals surface area contributed by atoms with Crippen molar-refractivity contribution in [2.75, 3.05) is 19.8 Å². The molecule has 1 aliphatic rings. The van der Waals surface area contributed by atoms with Crippen LogP contribution >= 0.6 is 11.8 Å². The maximum absolute atomic E-state index is 11.9. The molecule has 18 heavy (non-hydrogen) atoms. The number of amides is 1. The SMILES string of the molecule is CNCc1cccc(SCC(=O)N(C)C2CC2)c1. The van der Waals surface area contributed by atoms with Crippen molar-refractivity contribution in [3.8, 4) is 0 Å². The average Bonchev–Trinajstić information content (AvgIpc) is 3.20. The van der Waals surface area contributed by atoms with Crippen LogP contribution < -0.4 is 5.32 Å². The summed E-state index contributed by atoms with van der Waals surface area (Å²) in [5.74, 6) is 0.775. The molecule has 98 valence electrons. The molecule has 1 fully saturated rings. The Morgan fingerprint density at radius 1 is 1.50 bits per heavy atom. The molecule has 0 atom stereocenters. The van der Waals surface area contributed by atoms with E-state index in [4.69, 9.17) is 0 Å². The predicted molar refractivity (Wildman–Crippen MR) is 75.7 cm³/mol. The first-order valence-electron chi connectivity index (χ1n) is 6.32. The second-order valence-electron chi connectivity index (χ2n) is 4.70. The fourth-order valence-corrected chi connectivity index (χ4v) is 2.76. The highest BCUT2D eigenvalue weighted by Gasteiger charge is 2.29. The summed E-state index contributed by atoms with van der Waals surface area (Å²) in [6.45, 7) is 0.865. The van der Waals surface area contributed by atoms with E-state index in [9.17, 15) is 4.79 Å². The average molecular weight is 264 g/mol. The van der Waals surface area contributed by atoms with Gasteiger partial charge in [0.2, 0.25) is 5.91 Å². The Morgan fingerprint density at radius 2 is 2.28 bits per heavy atom. The van der Waals surface area contributed by atoms with Crippen LogP contribution in [0.5, 0.6) is 0 Å². The van der Waals surface area contributed by atoms with Crippen LogP contribution in [-0.4, -0.2) is 36.7 Å². The molecule has 0 bridgehead atoms. The van der Waals surface area contributed by atoms with E-state index in [-0.39, 0.29) is 5.91 Å². The molecule has 0 aliphatic heterocycles. The number of carbonyl (C=O) groups excluding carboxylic acids is 1. The normalized spacial score (nSPS) is 14.6. The maximum atomic E-state index is 11.9. The molecule has 4 heteroatoms. The van der Waals surface area contributed by atoms with Gasteiger partial charge in [0.15, 0.2) is 0 Å². The lowest BCUT2D eigenvalue weighted by Gasteiger charge is -2.15. The highest BCUT2D eigenvalue weighted by Crippen LogP contribution is 2.27. The zero-order chi connectivity index (χ0) is 13.0. The van der Waals surface area contributed by atoms with Gasteiger partial charge in [-0.1, -0.05) is 12.1 Å². The molecule has 3 nitrogen and oxygen atoms in total. The third kappa shape index (κ3) is 3.75. The topological polar surface area (TPSA) is 32.3 Å². The summed E-state index contributed by atoms with van der Waals surface area (Å²) in [6, 6.07) is 8.86. The molecule has 2 rings (SSSR count). The van der Waals surface area contributed by atoms with Gasteiger partial charge in [-0.2, -0.15) is 0 Å². The smallest absolute Gasteiger partial charge is 0.232 e. The van der Waals surface area contributed by atoms with Gasteiger partial charge in [-0.05, 0) is 37.6 Å². The molecule has 1 amide bonds. The Kier molecular flexibility index (Phi) is 4.66. The van der Waals surface area contributed by atoms with E-state index in [1.54, 1.807) is 11.8 Å². The van der Waals surface area contributed by atoms with E-state index in [0.717, 1.165) is 6.54 Å². The number of hydrogen-bond donors (Lipinski definition) is 1. The Balaban J connectivity index is 1.85. The largest absolute Gasteiger partial charge is 0.342 e. The minimum atomic E-state index is 0.238. The third-order valence-electron chi connectivity index (χ3n) is 3.13. The van der Waals surface area contributed by atoms with Crippen LogP contribution in [0, 0.1) is 0 Å². The lowest BCUT2D eigenvalue weighted by atomic mass is 10.2. The van der Waals surface area contributed by atoms with Crippen molar-refractivity contribution >= 4 is 17.7 Å². The standard InChI is InChI=1S/C14H20N2OS/c1-15-9-11-4-3-5-13(8-11)18-10-14(17)16(2)12-6-7-12/h3-5,8,12,15H,6-7,9-10H2,1-2H3. The molecule has 0 radical (unpaired) electrons. The minimum Gasteiger partial charge on any atom is -0.342 e. The van der Waals surface area contributed by atoms with Gasteiger partial charge in [0.25, 0.3) is 0 Å². The molecule has 1 aliphatic carbocycles. The van der Waals surface area contributed by atoms with Crippen LogP contribution in [0.1, 0.15) is 18.4 Å². The summed E-state index contributed by atoms with van der Waals surface area (Å²) >= 11 is 1.62.